The molecular formula is C16H15ClN4O2S3. The smallest absolute Gasteiger partial charge is 0.252 e. The second-order valence-corrected chi connectivity index (χ2v) is 10.5. The van der Waals surface area contributed by atoms with Crippen molar-refractivity contribution in [2.75, 3.05) is 31.1 Å². The van der Waals surface area contributed by atoms with Gasteiger partial charge in [0.25, 0.3) is 10.0 Å². The highest BCUT2D eigenvalue weighted by molar-refractivity contribution is 7.91. The average Bonchev–Trinajstić information content (AvgIpc) is 3.34. The largest absolute Gasteiger partial charge is 0.352 e. The third-order valence-electron chi connectivity index (χ3n) is 4.13. The first kappa shape index (κ1) is 17.9. The molecule has 0 bridgehead atoms. The Morgan fingerprint density at radius 2 is 1.81 bits per heavy atom. The third kappa shape index (κ3) is 3.49. The molecule has 0 aromatic carbocycles. The Balaban J connectivity index is 1.43. The molecule has 6 nitrogen and oxygen atoms in total. The lowest BCUT2D eigenvalue weighted by Gasteiger charge is -2.34. The fourth-order valence-corrected chi connectivity index (χ4v) is 6.52. The van der Waals surface area contributed by atoms with E-state index in [4.69, 9.17) is 11.6 Å². The van der Waals surface area contributed by atoms with E-state index < -0.39 is 10.0 Å². The Morgan fingerprint density at radius 1 is 1.00 bits per heavy atom. The molecule has 1 saturated heterocycles. The van der Waals surface area contributed by atoms with E-state index in [0.29, 0.717) is 30.5 Å². The van der Waals surface area contributed by atoms with E-state index in [-0.39, 0.29) is 4.21 Å². The van der Waals surface area contributed by atoms with Crippen molar-refractivity contribution in [2.24, 2.45) is 0 Å². The van der Waals surface area contributed by atoms with Gasteiger partial charge in [0.15, 0.2) is 5.82 Å². The SMILES string of the molecule is O=S(=O)(c1ccc(Cl)s1)N1CCN(c2ccc(-c3cccs3)nn2)CC1. The first-order chi connectivity index (χ1) is 12.5. The number of sulfonamides is 1. The summed E-state index contributed by atoms with van der Waals surface area (Å²) >= 11 is 8.58. The number of hydrogen-bond acceptors (Lipinski definition) is 7. The van der Waals surface area contributed by atoms with E-state index in [0.717, 1.165) is 27.7 Å². The molecule has 4 rings (SSSR count). The normalized spacial score (nSPS) is 16.1. The van der Waals surface area contributed by atoms with Crippen LogP contribution in [0, 0.1) is 0 Å². The number of thiophene rings is 2. The summed E-state index contributed by atoms with van der Waals surface area (Å²) in [6, 6.07) is 11.0. The minimum absolute atomic E-state index is 0.288. The van der Waals surface area contributed by atoms with Crippen LogP contribution in [0.3, 0.4) is 0 Å². The number of aromatic nitrogens is 2. The molecule has 0 unspecified atom stereocenters. The zero-order valence-corrected chi connectivity index (χ0v) is 16.8. The predicted molar refractivity (Wildman–Crippen MR) is 106 cm³/mol. The first-order valence-electron chi connectivity index (χ1n) is 7.92. The number of piperazine rings is 1. The van der Waals surface area contributed by atoms with Crippen LogP contribution in [0.25, 0.3) is 10.6 Å². The van der Waals surface area contributed by atoms with Gasteiger partial charge in [0, 0.05) is 26.2 Å². The van der Waals surface area contributed by atoms with Crippen LogP contribution < -0.4 is 4.90 Å². The van der Waals surface area contributed by atoms with E-state index in [1.807, 2.05) is 29.6 Å². The Morgan fingerprint density at radius 3 is 2.38 bits per heavy atom. The summed E-state index contributed by atoms with van der Waals surface area (Å²) in [6.07, 6.45) is 0. The van der Waals surface area contributed by atoms with E-state index in [1.165, 1.54) is 4.31 Å². The number of rotatable bonds is 4. The van der Waals surface area contributed by atoms with E-state index in [2.05, 4.69) is 15.1 Å². The maximum absolute atomic E-state index is 12.7. The topological polar surface area (TPSA) is 66.4 Å². The Labute approximate surface area is 164 Å². The quantitative estimate of drug-likeness (QED) is 0.639. The minimum Gasteiger partial charge on any atom is -0.352 e. The Bertz CT molecular complexity index is 979. The van der Waals surface area contributed by atoms with Crippen LogP contribution in [0.15, 0.2) is 46.0 Å². The van der Waals surface area contributed by atoms with Crippen LogP contribution in [0.4, 0.5) is 5.82 Å². The number of anilines is 1. The van der Waals surface area contributed by atoms with Crippen molar-refractivity contribution in [2.45, 2.75) is 4.21 Å². The van der Waals surface area contributed by atoms with Crippen molar-refractivity contribution >= 4 is 50.1 Å². The molecule has 1 fully saturated rings. The van der Waals surface area contributed by atoms with Crippen LogP contribution in [-0.2, 0) is 10.0 Å². The van der Waals surface area contributed by atoms with Gasteiger partial charge in [-0.3, -0.25) is 0 Å². The van der Waals surface area contributed by atoms with E-state index in [9.17, 15) is 8.42 Å². The molecule has 0 saturated carbocycles. The second kappa shape index (κ2) is 7.24. The molecule has 3 aromatic heterocycles. The molecule has 0 spiro atoms. The molecule has 1 aliphatic rings. The van der Waals surface area contributed by atoms with Gasteiger partial charge in [0.05, 0.1) is 9.21 Å². The molecular weight excluding hydrogens is 412 g/mol. The zero-order valence-electron chi connectivity index (χ0n) is 13.6. The van der Waals surface area contributed by atoms with Gasteiger partial charge in [-0.1, -0.05) is 17.7 Å². The maximum Gasteiger partial charge on any atom is 0.252 e. The summed E-state index contributed by atoms with van der Waals surface area (Å²) in [7, 11) is -3.48. The van der Waals surface area contributed by atoms with E-state index in [1.54, 1.807) is 23.5 Å². The molecule has 3 aromatic rings. The molecule has 26 heavy (non-hydrogen) atoms. The lowest BCUT2D eigenvalue weighted by molar-refractivity contribution is 0.384. The van der Waals surface area contributed by atoms with Gasteiger partial charge in [0.2, 0.25) is 0 Å². The van der Waals surface area contributed by atoms with Crippen molar-refractivity contribution < 1.29 is 8.42 Å². The van der Waals surface area contributed by atoms with Crippen molar-refractivity contribution in [3.63, 3.8) is 0 Å². The zero-order chi connectivity index (χ0) is 18.1. The van der Waals surface area contributed by atoms with Crippen LogP contribution >= 0.6 is 34.3 Å². The molecule has 0 atom stereocenters. The summed E-state index contributed by atoms with van der Waals surface area (Å²) in [6.45, 7) is 1.97. The number of hydrogen-bond donors (Lipinski definition) is 0. The molecule has 0 N–H and O–H groups in total. The fraction of sp³-hybridized carbons (Fsp3) is 0.250. The lowest BCUT2D eigenvalue weighted by Crippen LogP contribution is -2.48. The van der Waals surface area contributed by atoms with E-state index >= 15 is 0 Å². The predicted octanol–water partition coefficient (Wildman–Crippen LogP) is 3.43. The summed E-state index contributed by atoms with van der Waals surface area (Å²) in [4.78, 5) is 3.13. The minimum atomic E-state index is -3.48. The van der Waals surface area contributed by atoms with Crippen molar-refractivity contribution in [1.29, 1.82) is 0 Å². The van der Waals surface area contributed by atoms with Gasteiger partial charge in [-0.25, -0.2) is 8.42 Å². The van der Waals surface area contributed by atoms with Crippen LogP contribution in [-0.4, -0.2) is 49.1 Å². The monoisotopic (exact) mass is 426 g/mol. The Hall–Kier alpha value is -1.52. The van der Waals surface area contributed by atoms with Crippen molar-refractivity contribution in [1.82, 2.24) is 14.5 Å². The average molecular weight is 427 g/mol. The Kier molecular flexibility index (Phi) is 4.98. The number of nitrogens with zero attached hydrogens (tertiary/aromatic N) is 4. The lowest BCUT2D eigenvalue weighted by atomic mass is 10.3. The van der Waals surface area contributed by atoms with Gasteiger partial charge in [-0.15, -0.1) is 32.9 Å². The van der Waals surface area contributed by atoms with Gasteiger partial charge >= 0.3 is 0 Å². The van der Waals surface area contributed by atoms with Crippen molar-refractivity contribution in [3.8, 4) is 10.6 Å². The van der Waals surface area contributed by atoms with Gasteiger partial charge in [-0.2, -0.15) is 4.31 Å². The van der Waals surface area contributed by atoms with Gasteiger partial charge in [-0.05, 0) is 35.7 Å². The molecule has 136 valence electrons. The number of halogens is 1. The van der Waals surface area contributed by atoms with Crippen LogP contribution in [0.2, 0.25) is 4.34 Å². The fourth-order valence-electron chi connectivity index (χ4n) is 2.77. The summed E-state index contributed by atoms with van der Waals surface area (Å²) in [5, 5.41) is 10.6. The summed E-state index contributed by atoms with van der Waals surface area (Å²) < 4.78 is 27.6. The first-order valence-corrected chi connectivity index (χ1v) is 11.4. The highest BCUT2D eigenvalue weighted by Gasteiger charge is 2.30. The standard InChI is InChI=1S/C16H15ClN4O2S3/c17-14-4-6-16(25-14)26(22,23)21-9-7-20(8-10-21)15-5-3-12(18-19-15)13-2-1-11-24-13/h1-6,11H,7-10H2. The van der Waals surface area contributed by atoms with Crippen molar-refractivity contribution in [3.05, 3.63) is 46.1 Å². The highest BCUT2D eigenvalue weighted by Crippen LogP contribution is 2.29. The molecule has 0 radical (unpaired) electrons. The van der Waals surface area contributed by atoms with Crippen LogP contribution in [0.1, 0.15) is 0 Å². The van der Waals surface area contributed by atoms with Gasteiger partial charge < -0.3 is 4.90 Å². The third-order valence-corrected chi connectivity index (χ3v) is 8.62. The van der Waals surface area contributed by atoms with Crippen LogP contribution in [0.5, 0.6) is 0 Å². The summed E-state index contributed by atoms with van der Waals surface area (Å²) in [5.74, 6) is 0.765. The molecule has 0 amide bonds. The highest BCUT2D eigenvalue weighted by atomic mass is 35.5. The molecule has 0 aliphatic carbocycles. The maximum atomic E-state index is 12.7. The molecule has 1 aliphatic heterocycles. The molecule has 4 heterocycles. The summed E-state index contributed by atoms with van der Waals surface area (Å²) in [5.41, 5.74) is 0.847. The second-order valence-electron chi connectivity index (χ2n) is 5.70. The molecule has 10 heteroatoms. The van der Waals surface area contributed by atoms with Gasteiger partial charge in [0.1, 0.15) is 9.90 Å².